The van der Waals surface area contributed by atoms with Crippen molar-refractivity contribution in [3.8, 4) is 0 Å². The third kappa shape index (κ3) is 2.75. The minimum Gasteiger partial charge on any atom is -0.341 e. The van der Waals surface area contributed by atoms with Gasteiger partial charge in [0.25, 0.3) is 5.92 Å². The number of piperidine rings is 1. The molecule has 2 aliphatic rings. The summed E-state index contributed by atoms with van der Waals surface area (Å²) in [5, 5.41) is 11.1. The average Bonchev–Trinajstić information content (AvgIpc) is 3.17. The van der Waals surface area contributed by atoms with E-state index in [0.29, 0.717) is 13.1 Å². The highest BCUT2D eigenvalue weighted by Crippen LogP contribution is 2.29. The van der Waals surface area contributed by atoms with Crippen LogP contribution in [0.5, 0.6) is 0 Å². The number of rotatable bonds is 2. The predicted molar refractivity (Wildman–Crippen MR) is 82.9 cm³/mol. The van der Waals surface area contributed by atoms with Gasteiger partial charge in [0.2, 0.25) is 5.91 Å². The standard InChI is InChI=1S/C16H19F2N5O/c17-16(18)8-12(19-10-16)15(24)22-6-3-4-11(9-22)14-21-20-13-5-1-2-7-23(13)14/h1-2,5,7,11-12,19H,3-4,6,8-10H2. The molecule has 0 saturated carbocycles. The van der Waals surface area contributed by atoms with Crippen LogP contribution in [-0.4, -0.2) is 57.0 Å². The zero-order valence-corrected chi connectivity index (χ0v) is 13.2. The molecule has 6 nitrogen and oxygen atoms in total. The molecule has 0 bridgehead atoms. The van der Waals surface area contributed by atoms with Gasteiger partial charge in [-0.2, -0.15) is 0 Å². The Balaban J connectivity index is 1.51. The van der Waals surface area contributed by atoms with E-state index in [9.17, 15) is 13.6 Å². The van der Waals surface area contributed by atoms with Crippen molar-refractivity contribution >= 4 is 11.6 Å². The van der Waals surface area contributed by atoms with Gasteiger partial charge in [0.05, 0.1) is 12.6 Å². The summed E-state index contributed by atoms with van der Waals surface area (Å²) < 4.78 is 28.6. The Labute approximate surface area is 137 Å². The number of carbonyl (C=O) groups excluding carboxylic acids is 1. The lowest BCUT2D eigenvalue weighted by Crippen LogP contribution is -2.47. The molecule has 4 rings (SSSR count). The van der Waals surface area contributed by atoms with Crippen molar-refractivity contribution in [1.29, 1.82) is 0 Å². The number of pyridine rings is 1. The van der Waals surface area contributed by atoms with Crippen LogP contribution in [0, 0.1) is 0 Å². The zero-order valence-electron chi connectivity index (χ0n) is 13.2. The molecule has 2 aromatic heterocycles. The number of carbonyl (C=O) groups is 1. The lowest BCUT2D eigenvalue weighted by Gasteiger charge is -2.33. The summed E-state index contributed by atoms with van der Waals surface area (Å²) >= 11 is 0. The van der Waals surface area contributed by atoms with Crippen LogP contribution in [0.2, 0.25) is 0 Å². The maximum Gasteiger partial charge on any atom is 0.262 e. The molecule has 2 saturated heterocycles. The first-order valence-electron chi connectivity index (χ1n) is 8.23. The van der Waals surface area contributed by atoms with Gasteiger partial charge in [-0.1, -0.05) is 6.07 Å². The summed E-state index contributed by atoms with van der Waals surface area (Å²) in [6.07, 6.45) is 3.24. The van der Waals surface area contributed by atoms with E-state index in [1.807, 2.05) is 28.8 Å². The maximum absolute atomic E-state index is 13.3. The molecule has 2 atom stereocenters. The van der Waals surface area contributed by atoms with Crippen LogP contribution in [0.4, 0.5) is 8.78 Å². The minimum atomic E-state index is -2.79. The van der Waals surface area contributed by atoms with Crippen molar-refractivity contribution in [3.63, 3.8) is 0 Å². The molecule has 1 amide bonds. The van der Waals surface area contributed by atoms with Crippen LogP contribution in [0.1, 0.15) is 31.0 Å². The first-order chi connectivity index (χ1) is 11.5. The Morgan fingerprint density at radius 2 is 2.21 bits per heavy atom. The largest absolute Gasteiger partial charge is 0.341 e. The van der Waals surface area contributed by atoms with Gasteiger partial charge >= 0.3 is 0 Å². The Bertz CT molecular complexity index is 762. The second-order valence-corrected chi connectivity index (χ2v) is 6.60. The average molecular weight is 335 g/mol. The highest BCUT2D eigenvalue weighted by atomic mass is 19.3. The number of likely N-dealkylation sites (tertiary alicyclic amines) is 1. The highest BCUT2D eigenvalue weighted by Gasteiger charge is 2.44. The molecule has 2 aliphatic heterocycles. The fourth-order valence-corrected chi connectivity index (χ4v) is 3.64. The van der Waals surface area contributed by atoms with Gasteiger partial charge in [-0.3, -0.25) is 14.5 Å². The van der Waals surface area contributed by atoms with Crippen LogP contribution in [0.25, 0.3) is 5.65 Å². The van der Waals surface area contributed by atoms with Crippen LogP contribution in [0.3, 0.4) is 0 Å². The first-order valence-corrected chi connectivity index (χ1v) is 8.23. The zero-order chi connectivity index (χ0) is 16.7. The normalized spacial score (nSPS) is 26.8. The number of nitrogens with zero attached hydrogens (tertiary/aromatic N) is 4. The number of fused-ring (bicyclic) bond motifs is 1. The molecule has 0 radical (unpaired) electrons. The molecule has 0 spiro atoms. The second kappa shape index (κ2) is 5.77. The van der Waals surface area contributed by atoms with E-state index in [1.165, 1.54) is 0 Å². The smallest absolute Gasteiger partial charge is 0.262 e. The van der Waals surface area contributed by atoms with Crippen LogP contribution in [-0.2, 0) is 4.79 Å². The van der Waals surface area contributed by atoms with Crippen molar-refractivity contribution in [2.75, 3.05) is 19.6 Å². The molecular weight excluding hydrogens is 316 g/mol. The molecule has 2 aromatic rings. The monoisotopic (exact) mass is 335 g/mol. The molecule has 2 unspecified atom stereocenters. The van der Waals surface area contributed by atoms with Crippen molar-refractivity contribution < 1.29 is 13.6 Å². The van der Waals surface area contributed by atoms with E-state index >= 15 is 0 Å². The van der Waals surface area contributed by atoms with Gasteiger partial charge in [-0.05, 0) is 25.0 Å². The fourth-order valence-electron chi connectivity index (χ4n) is 3.64. The van der Waals surface area contributed by atoms with Crippen LogP contribution in [0.15, 0.2) is 24.4 Å². The van der Waals surface area contributed by atoms with E-state index in [1.54, 1.807) is 4.90 Å². The lowest BCUT2D eigenvalue weighted by atomic mass is 9.96. The quantitative estimate of drug-likeness (QED) is 0.902. The summed E-state index contributed by atoms with van der Waals surface area (Å²) in [4.78, 5) is 14.2. The van der Waals surface area contributed by atoms with Gasteiger partial charge in [0.1, 0.15) is 5.82 Å². The summed E-state index contributed by atoms with van der Waals surface area (Å²) in [7, 11) is 0. The van der Waals surface area contributed by atoms with Gasteiger partial charge in [0.15, 0.2) is 5.65 Å². The van der Waals surface area contributed by atoms with Gasteiger partial charge in [-0.15, -0.1) is 10.2 Å². The Hall–Kier alpha value is -2.09. The number of hydrogen-bond acceptors (Lipinski definition) is 4. The van der Waals surface area contributed by atoms with Gasteiger partial charge < -0.3 is 4.90 Å². The molecule has 1 N–H and O–H groups in total. The summed E-state index contributed by atoms with van der Waals surface area (Å²) in [5.74, 6) is -2.13. The molecule has 4 heterocycles. The number of nitrogens with one attached hydrogen (secondary N) is 1. The fraction of sp³-hybridized carbons (Fsp3) is 0.562. The molecule has 2 fully saturated rings. The Morgan fingerprint density at radius 3 is 3.00 bits per heavy atom. The highest BCUT2D eigenvalue weighted by molar-refractivity contribution is 5.82. The van der Waals surface area contributed by atoms with Crippen molar-refractivity contribution in [1.82, 2.24) is 24.8 Å². The van der Waals surface area contributed by atoms with Crippen LogP contribution >= 0.6 is 0 Å². The van der Waals surface area contributed by atoms with E-state index in [-0.39, 0.29) is 11.8 Å². The van der Waals surface area contributed by atoms with E-state index < -0.39 is 24.9 Å². The maximum atomic E-state index is 13.3. The molecule has 128 valence electrons. The predicted octanol–water partition coefficient (Wildman–Crippen LogP) is 1.43. The molecule has 8 heteroatoms. The summed E-state index contributed by atoms with van der Waals surface area (Å²) in [5.41, 5.74) is 0.771. The summed E-state index contributed by atoms with van der Waals surface area (Å²) in [6, 6.07) is 4.91. The first kappa shape index (κ1) is 15.4. The Kier molecular flexibility index (Phi) is 3.71. The van der Waals surface area contributed by atoms with E-state index in [4.69, 9.17) is 0 Å². The number of halogens is 2. The van der Waals surface area contributed by atoms with Gasteiger partial charge in [0, 0.05) is 31.6 Å². The number of aromatic nitrogens is 3. The SMILES string of the molecule is O=C(C1CC(F)(F)CN1)N1CCCC(c2nnc3ccccn23)C1. The number of alkyl halides is 2. The van der Waals surface area contributed by atoms with Crippen molar-refractivity contribution in [3.05, 3.63) is 30.2 Å². The Morgan fingerprint density at radius 1 is 1.33 bits per heavy atom. The number of hydrogen-bond donors (Lipinski definition) is 1. The minimum absolute atomic E-state index is 0.0713. The molecular formula is C16H19F2N5O. The van der Waals surface area contributed by atoms with Crippen molar-refractivity contribution in [2.45, 2.75) is 37.1 Å². The second-order valence-electron chi connectivity index (χ2n) is 6.60. The van der Waals surface area contributed by atoms with Gasteiger partial charge in [-0.25, -0.2) is 8.78 Å². The van der Waals surface area contributed by atoms with Crippen LogP contribution < -0.4 is 5.32 Å². The van der Waals surface area contributed by atoms with Crippen molar-refractivity contribution in [2.24, 2.45) is 0 Å². The third-order valence-corrected chi connectivity index (χ3v) is 4.85. The summed E-state index contributed by atoms with van der Waals surface area (Å²) in [6.45, 7) is 0.684. The molecule has 0 aliphatic carbocycles. The number of amides is 1. The molecule has 24 heavy (non-hydrogen) atoms. The topological polar surface area (TPSA) is 62.5 Å². The lowest BCUT2D eigenvalue weighted by molar-refractivity contribution is -0.135. The van der Waals surface area contributed by atoms with E-state index in [2.05, 4.69) is 15.5 Å². The third-order valence-electron chi connectivity index (χ3n) is 4.85. The van der Waals surface area contributed by atoms with E-state index in [0.717, 1.165) is 24.3 Å². The molecule has 0 aromatic carbocycles.